The van der Waals surface area contributed by atoms with Gasteiger partial charge < -0.3 is 15.0 Å². The molecule has 2 unspecified atom stereocenters. The van der Waals surface area contributed by atoms with E-state index in [-0.39, 0.29) is 30.5 Å². The first kappa shape index (κ1) is 20.7. The van der Waals surface area contributed by atoms with Crippen LogP contribution in [0.15, 0.2) is 22.7 Å². The van der Waals surface area contributed by atoms with Crippen LogP contribution in [0.3, 0.4) is 0 Å². The monoisotopic (exact) mass is 446 g/mol. The highest BCUT2D eigenvalue weighted by molar-refractivity contribution is 9.10. The van der Waals surface area contributed by atoms with Gasteiger partial charge in [-0.25, -0.2) is 8.42 Å². The van der Waals surface area contributed by atoms with Gasteiger partial charge in [-0.05, 0) is 54.4 Å². The Labute approximate surface area is 162 Å². The number of nitrogens with one attached hydrogen (secondary N) is 1. The molecular formula is C17H23BrN2O5S. The second kappa shape index (κ2) is 8.39. The molecule has 1 aliphatic heterocycles. The van der Waals surface area contributed by atoms with Crippen LogP contribution in [0.5, 0.6) is 5.75 Å². The second-order valence-electron chi connectivity index (χ2n) is 6.40. The van der Waals surface area contributed by atoms with Gasteiger partial charge in [-0.3, -0.25) is 9.59 Å². The molecule has 2 atom stereocenters. The highest BCUT2D eigenvalue weighted by atomic mass is 79.9. The predicted octanol–water partition coefficient (Wildman–Crippen LogP) is 1.29. The van der Waals surface area contributed by atoms with Gasteiger partial charge in [0.1, 0.15) is 11.8 Å². The number of carbonyl (C=O) groups is 2. The third-order valence-corrected chi connectivity index (χ3v) is 6.37. The molecule has 1 heterocycles. The lowest BCUT2D eigenvalue weighted by Gasteiger charge is -2.29. The normalized spacial score (nSPS) is 18.7. The smallest absolute Gasteiger partial charge is 0.261 e. The predicted molar refractivity (Wildman–Crippen MR) is 102 cm³/mol. The molecule has 1 fully saturated rings. The molecule has 144 valence electrons. The largest absolute Gasteiger partial charge is 0.480 e. The van der Waals surface area contributed by atoms with Gasteiger partial charge in [-0.1, -0.05) is 6.07 Å². The highest BCUT2D eigenvalue weighted by Crippen LogP contribution is 2.26. The summed E-state index contributed by atoms with van der Waals surface area (Å²) in [6.45, 7) is 5.45. The minimum atomic E-state index is -3.06. The number of amides is 2. The van der Waals surface area contributed by atoms with Crippen LogP contribution in [-0.2, 0) is 19.4 Å². The molecule has 9 heteroatoms. The van der Waals surface area contributed by atoms with Crippen molar-refractivity contribution < 1.29 is 22.7 Å². The van der Waals surface area contributed by atoms with Gasteiger partial charge >= 0.3 is 0 Å². The summed E-state index contributed by atoms with van der Waals surface area (Å²) in [7, 11) is -3.06. The van der Waals surface area contributed by atoms with Gasteiger partial charge in [-0.2, -0.15) is 0 Å². The summed E-state index contributed by atoms with van der Waals surface area (Å²) in [5, 5.41) is 2.63. The molecule has 0 saturated carbocycles. The topological polar surface area (TPSA) is 92.8 Å². The zero-order valence-corrected chi connectivity index (χ0v) is 17.4. The van der Waals surface area contributed by atoms with Crippen molar-refractivity contribution in [1.82, 2.24) is 10.2 Å². The van der Waals surface area contributed by atoms with E-state index in [9.17, 15) is 18.0 Å². The summed E-state index contributed by atoms with van der Waals surface area (Å²) < 4.78 is 29.3. The van der Waals surface area contributed by atoms with E-state index in [1.807, 2.05) is 19.1 Å². The molecule has 0 aliphatic carbocycles. The molecule has 1 saturated heterocycles. The first-order chi connectivity index (χ1) is 12.1. The van der Waals surface area contributed by atoms with Crippen LogP contribution < -0.4 is 10.1 Å². The molecule has 2 amide bonds. The third-order valence-electron chi connectivity index (χ3n) is 4.15. The lowest BCUT2D eigenvalue weighted by molar-refractivity contribution is -0.137. The fourth-order valence-corrected chi connectivity index (χ4v) is 4.33. The standard InChI is InChI=1S/C17H23BrN2O5S/c1-11-4-5-15(14(18)10-11)25-13(3)16(21)19-12(2)17(22)20-6-8-26(23,24)9-7-20/h4-5,10,12-13H,6-9H2,1-3H3,(H,19,21). The Kier molecular flexibility index (Phi) is 6.68. The molecule has 0 radical (unpaired) electrons. The van der Waals surface area contributed by atoms with Gasteiger partial charge in [0, 0.05) is 13.1 Å². The lowest BCUT2D eigenvalue weighted by atomic mass is 10.2. The third kappa shape index (κ3) is 5.44. The van der Waals surface area contributed by atoms with Crippen molar-refractivity contribution in [2.75, 3.05) is 24.6 Å². The zero-order valence-electron chi connectivity index (χ0n) is 15.0. The Balaban J connectivity index is 1.90. The van der Waals surface area contributed by atoms with Crippen molar-refractivity contribution in [3.8, 4) is 5.75 Å². The van der Waals surface area contributed by atoms with Crippen LogP contribution in [0.4, 0.5) is 0 Å². The van der Waals surface area contributed by atoms with Crippen LogP contribution in [-0.4, -0.2) is 61.9 Å². The molecule has 0 spiro atoms. The highest BCUT2D eigenvalue weighted by Gasteiger charge is 2.29. The molecule has 1 aromatic rings. The van der Waals surface area contributed by atoms with Crippen molar-refractivity contribution >= 4 is 37.6 Å². The molecule has 0 aromatic heterocycles. The van der Waals surface area contributed by atoms with E-state index in [1.165, 1.54) is 4.90 Å². The van der Waals surface area contributed by atoms with Crippen LogP contribution in [0.2, 0.25) is 0 Å². The Bertz CT molecular complexity index is 782. The van der Waals surface area contributed by atoms with Gasteiger partial charge in [0.2, 0.25) is 5.91 Å². The number of hydrogen-bond donors (Lipinski definition) is 1. The SMILES string of the molecule is Cc1ccc(OC(C)C(=O)NC(C)C(=O)N2CCS(=O)(=O)CC2)c(Br)c1. The molecule has 1 aromatic carbocycles. The number of ether oxygens (including phenoxy) is 1. The maximum atomic E-state index is 12.4. The summed E-state index contributed by atoms with van der Waals surface area (Å²) in [5.74, 6) is -0.251. The number of aryl methyl sites for hydroxylation is 1. The van der Waals surface area contributed by atoms with Crippen molar-refractivity contribution in [2.45, 2.75) is 32.9 Å². The molecule has 0 bridgehead atoms. The van der Waals surface area contributed by atoms with Gasteiger partial charge in [0.15, 0.2) is 15.9 Å². The minimum absolute atomic E-state index is 0.0413. The van der Waals surface area contributed by atoms with Crippen LogP contribution in [0.25, 0.3) is 0 Å². The number of nitrogens with zero attached hydrogens (tertiary/aromatic N) is 1. The summed E-state index contributed by atoms with van der Waals surface area (Å²) in [6, 6.07) is 4.78. The average Bonchev–Trinajstić information content (AvgIpc) is 2.56. The summed E-state index contributed by atoms with van der Waals surface area (Å²) in [6.07, 6.45) is -0.786. The van der Waals surface area contributed by atoms with Crippen molar-refractivity contribution in [3.05, 3.63) is 28.2 Å². The van der Waals surface area contributed by atoms with Crippen molar-refractivity contribution in [1.29, 1.82) is 0 Å². The molecular weight excluding hydrogens is 424 g/mol. The first-order valence-electron chi connectivity index (χ1n) is 8.31. The number of halogens is 1. The molecule has 2 rings (SSSR count). The van der Waals surface area contributed by atoms with Crippen molar-refractivity contribution in [2.24, 2.45) is 0 Å². The summed E-state index contributed by atoms with van der Waals surface area (Å²) in [4.78, 5) is 26.2. The van der Waals surface area contributed by atoms with E-state index in [0.29, 0.717) is 5.75 Å². The van der Waals surface area contributed by atoms with Crippen LogP contribution in [0, 0.1) is 6.92 Å². The van der Waals surface area contributed by atoms with E-state index >= 15 is 0 Å². The number of rotatable bonds is 5. The van der Waals surface area contributed by atoms with Gasteiger partial charge in [-0.15, -0.1) is 0 Å². The average molecular weight is 447 g/mol. The molecule has 7 nitrogen and oxygen atoms in total. The Hall–Kier alpha value is -1.61. The lowest BCUT2D eigenvalue weighted by Crippen LogP contribution is -2.53. The maximum Gasteiger partial charge on any atom is 0.261 e. The number of sulfone groups is 1. The number of benzene rings is 1. The Morgan fingerprint density at radius 3 is 2.42 bits per heavy atom. The van der Waals surface area contributed by atoms with Gasteiger partial charge in [0.05, 0.1) is 16.0 Å². The van der Waals surface area contributed by atoms with E-state index in [2.05, 4.69) is 21.2 Å². The maximum absolute atomic E-state index is 12.4. The van der Waals surface area contributed by atoms with E-state index < -0.39 is 27.9 Å². The van der Waals surface area contributed by atoms with E-state index in [4.69, 9.17) is 4.74 Å². The van der Waals surface area contributed by atoms with E-state index in [0.717, 1.165) is 10.0 Å². The Morgan fingerprint density at radius 2 is 1.85 bits per heavy atom. The van der Waals surface area contributed by atoms with Crippen LogP contribution >= 0.6 is 15.9 Å². The van der Waals surface area contributed by atoms with E-state index in [1.54, 1.807) is 19.9 Å². The number of hydrogen-bond acceptors (Lipinski definition) is 5. The quantitative estimate of drug-likeness (QED) is 0.735. The van der Waals surface area contributed by atoms with Crippen molar-refractivity contribution in [3.63, 3.8) is 0 Å². The fraction of sp³-hybridized carbons (Fsp3) is 0.529. The molecule has 1 N–H and O–H groups in total. The summed E-state index contributed by atoms with van der Waals surface area (Å²) >= 11 is 3.39. The van der Waals surface area contributed by atoms with Gasteiger partial charge in [0.25, 0.3) is 5.91 Å². The fourth-order valence-electron chi connectivity index (χ4n) is 2.54. The molecule has 26 heavy (non-hydrogen) atoms. The zero-order chi connectivity index (χ0) is 19.5. The second-order valence-corrected chi connectivity index (χ2v) is 9.56. The molecule has 1 aliphatic rings. The minimum Gasteiger partial charge on any atom is -0.480 e. The number of carbonyl (C=O) groups excluding carboxylic acids is 2. The first-order valence-corrected chi connectivity index (χ1v) is 10.9. The summed E-state index contributed by atoms with van der Waals surface area (Å²) in [5.41, 5.74) is 1.06. The van der Waals surface area contributed by atoms with Crippen LogP contribution in [0.1, 0.15) is 19.4 Å². The Morgan fingerprint density at radius 1 is 1.23 bits per heavy atom.